The quantitative estimate of drug-likeness (QED) is 0.700. The smallest absolute Gasteiger partial charge is 0.0165 e. The lowest BCUT2D eigenvalue weighted by Crippen LogP contribution is -2.40. The lowest BCUT2D eigenvalue weighted by molar-refractivity contribution is 0.206. The molecule has 1 unspecified atom stereocenters. The topological polar surface area (TPSA) is 38.0 Å². The molecule has 1 saturated carbocycles. The summed E-state index contributed by atoms with van der Waals surface area (Å²) in [6.07, 6.45) is 10.7. The standard InChI is InChI=1S/C14H30N2/c1-3-4-8-13(15)11-16-12-14(2)9-6-5-7-10-14/h13,16H,3-12,15H2,1-2H3. The van der Waals surface area contributed by atoms with Crippen molar-refractivity contribution in [2.24, 2.45) is 11.1 Å². The molecule has 1 aliphatic rings. The molecule has 2 heteroatoms. The molecule has 0 aromatic carbocycles. The minimum Gasteiger partial charge on any atom is -0.327 e. The van der Waals surface area contributed by atoms with Crippen LogP contribution in [0.5, 0.6) is 0 Å². The number of unbranched alkanes of at least 4 members (excludes halogenated alkanes) is 1. The van der Waals surface area contributed by atoms with Crippen LogP contribution in [0.1, 0.15) is 65.2 Å². The lowest BCUT2D eigenvalue weighted by Gasteiger charge is -2.34. The van der Waals surface area contributed by atoms with Gasteiger partial charge in [-0.2, -0.15) is 0 Å². The fraction of sp³-hybridized carbons (Fsp3) is 1.00. The Morgan fingerprint density at radius 1 is 1.25 bits per heavy atom. The molecule has 0 heterocycles. The molecule has 16 heavy (non-hydrogen) atoms. The Labute approximate surface area is 101 Å². The van der Waals surface area contributed by atoms with E-state index in [-0.39, 0.29) is 0 Å². The second-order valence-corrected chi connectivity index (χ2v) is 5.90. The van der Waals surface area contributed by atoms with Crippen molar-refractivity contribution in [3.63, 3.8) is 0 Å². The van der Waals surface area contributed by atoms with Gasteiger partial charge in [0.15, 0.2) is 0 Å². The maximum Gasteiger partial charge on any atom is 0.0165 e. The maximum absolute atomic E-state index is 6.06. The van der Waals surface area contributed by atoms with Gasteiger partial charge in [0.05, 0.1) is 0 Å². The zero-order valence-electron chi connectivity index (χ0n) is 11.2. The largest absolute Gasteiger partial charge is 0.327 e. The average Bonchev–Trinajstić information content (AvgIpc) is 2.27. The molecule has 96 valence electrons. The van der Waals surface area contributed by atoms with Crippen molar-refractivity contribution >= 4 is 0 Å². The van der Waals surface area contributed by atoms with Crippen LogP contribution < -0.4 is 11.1 Å². The normalized spacial score (nSPS) is 21.9. The molecule has 0 aromatic heterocycles. The van der Waals surface area contributed by atoms with Gasteiger partial charge in [0.1, 0.15) is 0 Å². The molecule has 0 bridgehead atoms. The summed E-state index contributed by atoms with van der Waals surface area (Å²) >= 11 is 0. The zero-order valence-corrected chi connectivity index (χ0v) is 11.2. The van der Waals surface area contributed by atoms with Crippen molar-refractivity contribution in [2.45, 2.75) is 71.3 Å². The van der Waals surface area contributed by atoms with Crippen LogP contribution in [-0.2, 0) is 0 Å². The van der Waals surface area contributed by atoms with Gasteiger partial charge < -0.3 is 11.1 Å². The van der Waals surface area contributed by atoms with E-state index in [1.165, 1.54) is 51.4 Å². The minimum atomic E-state index is 0.354. The summed E-state index contributed by atoms with van der Waals surface area (Å²) in [6, 6.07) is 0.354. The highest BCUT2D eigenvalue weighted by Crippen LogP contribution is 2.34. The Morgan fingerprint density at radius 3 is 2.56 bits per heavy atom. The Bertz CT molecular complexity index is 174. The van der Waals surface area contributed by atoms with Crippen molar-refractivity contribution in [1.82, 2.24) is 5.32 Å². The molecule has 3 N–H and O–H groups in total. The van der Waals surface area contributed by atoms with Gasteiger partial charge in [0.25, 0.3) is 0 Å². The van der Waals surface area contributed by atoms with Gasteiger partial charge in [-0.25, -0.2) is 0 Å². The van der Waals surface area contributed by atoms with Crippen LogP contribution in [-0.4, -0.2) is 19.1 Å². The summed E-state index contributed by atoms with van der Waals surface area (Å²) in [5.41, 5.74) is 6.60. The molecule has 0 saturated heterocycles. The Kier molecular flexibility index (Phi) is 6.37. The molecule has 0 radical (unpaired) electrons. The summed E-state index contributed by atoms with van der Waals surface area (Å²) in [5.74, 6) is 0. The predicted molar refractivity (Wildman–Crippen MR) is 71.6 cm³/mol. The highest BCUT2D eigenvalue weighted by molar-refractivity contribution is 4.81. The minimum absolute atomic E-state index is 0.354. The van der Waals surface area contributed by atoms with E-state index in [9.17, 15) is 0 Å². The average molecular weight is 226 g/mol. The van der Waals surface area contributed by atoms with E-state index >= 15 is 0 Å². The summed E-state index contributed by atoms with van der Waals surface area (Å²) in [7, 11) is 0. The number of rotatable bonds is 7. The molecule has 0 spiro atoms. The number of nitrogens with two attached hydrogens (primary N) is 1. The highest BCUT2D eigenvalue weighted by Gasteiger charge is 2.26. The first-order chi connectivity index (χ1) is 7.66. The molecule has 0 amide bonds. The zero-order chi connectivity index (χ0) is 11.9. The van der Waals surface area contributed by atoms with Crippen molar-refractivity contribution in [3.8, 4) is 0 Å². The molecular formula is C14H30N2. The van der Waals surface area contributed by atoms with Gasteiger partial charge >= 0.3 is 0 Å². The number of hydrogen-bond donors (Lipinski definition) is 2. The molecule has 2 nitrogen and oxygen atoms in total. The molecule has 1 rings (SSSR count). The van der Waals surface area contributed by atoms with E-state index in [1.807, 2.05) is 0 Å². The van der Waals surface area contributed by atoms with Crippen LogP contribution in [0.3, 0.4) is 0 Å². The maximum atomic E-state index is 6.06. The van der Waals surface area contributed by atoms with Gasteiger partial charge in [0, 0.05) is 19.1 Å². The summed E-state index contributed by atoms with van der Waals surface area (Å²) in [5, 5.41) is 3.58. The van der Waals surface area contributed by atoms with Crippen molar-refractivity contribution in [2.75, 3.05) is 13.1 Å². The van der Waals surface area contributed by atoms with Crippen molar-refractivity contribution in [1.29, 1.82) is 0 Å². The van der Waals surface area contributed by atoms with Crippen LogP contribution in [0.15, 0.2) is 0 Å². The molecule has 0 aliphatic heterocycles. The summed E-state index contributed by atoms with van der Waals surface area (Å²) in [4.78, 5) is 0. The third kappa shape index (κ3) is 5.31. The lowest BCUT2D eigenvalue weighted by atomic mass is 9.76. The van der Waals surface area contributed by atoms with Crippen molar-refractivity contribution < 1.29 is 0 Å². The van der Waals surface area contributed by atoms with Gasteiger partial charge in [0.2, 0.25) is 0 Å². The van der Waals surface area contributed by atoms with Gasteiger partial charge in [-0.05, 0) is 24.7 Å². The van der Waals surface area contributed by atoms with Crippen LogP contribution >= 0.6 is 0 Å². The first kappa shape index (κ1) is 14.0. The van der Waals surface area contributed by atoms with E-state index in [2.05, 4.69) is 19.2 Å². The SMILES string of the molecule is CCCCC(N)CNCC1(C)CCCCC1. The first-order valence-corrected chi connectivity index (χ1v) is 7.12. The Balaban J connectivity index is 2.09. The highest BCUT2D eigenvalue weighted by atomic mass is 14.9. The monoisotopic (exact) mass is 226 g/mol. The summed E-state index contributed by atoms with van der Waals surface area (Å²) in [6.45, 7) is 6.81. The van der Waals surface area contributed by atoms with E-state index in [4.69, 9.17) is 5.73 Å². The summed E-state index contributed by atoms with van der Waals surface area (Å²) < 4.78 is 0. The first-order valence-electron chi connectivity index (χ1n) is 7.12. The molecule has 1 aliphatic carbocycles. The van der Waals surface area contributed by atoms with Crippen molar-refractivity contribution in [3.05, 3.63) is 0 Å². The molecule has 1 atom stereocenters. The van der Waals surface area contributed by atoms with E-state index in [0.717, 1.165) is 13.1 Å². The van der Waals surface area contributed by atoms with Crippen LogP contribution in [0.4, 0.5) is 0 Å². The van der Waals surface area contributed by atoms with E-state index in [0.29, 0.717) is 11.5 Å². The van der Waals surface area contributed by atoms with Crippen LogP contribution in [0.25, 0.3) is 0 Å². The fourth-order valence-electron chi connectivity index (χ4n) is 2.71. The van der Waals surface area contributed by atoms with E-state index in [1.54, 1.807) is 0 Å². The third-order valence-corrected chi connectivity index (χ3v) is 3.95. The molecule has 1 fully saturated rings. The van der Waals surface area contributed by atoms with Gasteiger partial charge in [-0.3, -0.25) is 0 Å². The van der Waals surface area contributed by atoms with Crippen LogP contribution in [0.2, 0.25) is 0 Å². The van der Waals surface area contributed by atoms with Crippen LogP contribution in [0, 0.1) is 5.41 Å². The van der Waals surface area contributed by atoms with E-state index < -0.39 is 0 Å². The molecule has 0 aromatic rings. The predicted octanol–water partition coefficient (Wildman–Crippen LogP) is 3.06. The number of nitrogens with one attached hydrogen (secondary N) is 1. The Morgan fingerprint density at radius 2 is 1.94 bits per heavy atom. The molecular weight excluding hydrogens is 196 g/mol. The van der Waals surface area contributed by atoms with Gasteiger partial charge in [-0.1, -0.05) is 46.0 Å². The third-order valence-electron chi connectivity index (χ3n) is 3.95. The second kappa shape index (κ2) is 7.29. The van der Waals surface area contributed by atoms with Gasteiger partial charge in [-0.15, -0.1) is 0 Å². The second-order valence-electron chi connectivity index (χ2n) is 5.90. The number of hydrogen-bond acceptors (Lipinski definition) is 2. The Hall–Kier alpha value is -0.0800. The fourth-order valence-corrected chi connectivity index (χ4v) is 2.71.